The van der Waals surface area contributed by atoms with Gasteiger partial charge < -0.3 is 0 Å². The van der Waals surface area contributed by atoms with Crippen molar-refractivity contribution in [3.05, 3.63) is 77.5 Å². The number of rotatable bonds is 2. The minimum absolute atomic E-state index is 0.0605. The van der Waals surface area contributed by atoms with Crippen molar-refractivity contribution in [2.75, 3.05) is 0 Å². The topological polar surface area (TPSA) is 30.0 Å². The number of carbonyl (C=O) groups excluding carboxylic acids is 1. The van der Waals surface area contributed by atoms with Gasteiger partial charge in [-0.15, -0.1) is 0 Å². The Morgan fingerprint density at radius 1 is 0.952 bits per heavy atom. The van der Waals surface area contributed by atoms with Crippen LogP contribution in [0.5, 0.6) is 0 Å². The Morgan fingerprint density at radius 3 is 2.38 bits per heavy atom. The first kappa shape index (κ1) is 12.3. The number of nitrogens with zero attached hydrogens (tertiary/aromatic N) is 1. The van der Waals surface area contributed by atoms with E-state index in [0.29, 0.717) is 0 Å². The molecule has 0 spiro atoms. The molecule has 0 amide bonds. The number of hydrogen-bond acceptors (Lipinski definition) is 2. The van der Waals surface area contributed by atoms with Gasteiger partial charge in [0.25, 0.3) is 0 Å². The van der Waals surface area contributed by atoms with Crippen LogP contribution >= 0.6 is 0 Å². The summed E-state index contributed by atoms with van der Waals surface area (Å²) >= 11 is 0. The van der Waals surface area contributed by atoms with E-state index < -0.39 is 0 Å². The summed E-state index contributed by atoms with van der Waals surface area (Å²) in [6, 6.07) is 18.2. The Balaban J connectivity index is 1.65. The predicted molar refractivity (Wildman–Crippen MR) is 83.4 cm³/mol. The maximum atomic E-state index is 12.7. The largest absolute Gasteiger partial charge is 0.294 e. The quantitative estimate of drug-likeness (QED) is 0.664. The molecule has 0 unspecified atom stereocenters. The standard InChI is InChI=1S/C19H15NO/c21-19(16-9-13-5-1-2-6-14(13)10-16)17-11-15-7-3-4-8-18(15)20-12-17/h1-8,11-12,16H,9-10H2. The van der Waals surface area contributed by atoms with Crippen LogP contribution in [0.3, 0.4) is 0 Å². The molecule has 0 fully saturated rings. The molecule has 2 heteroatoms. The van der Waals surface area contributed by atoms with Gasteiger partial charge in [0.1, 0.15) is 0 Å². The highest BCUT2D eigenvalue weighted by atomic mass is 16.1. The van der Waals surface area contributed by atoms with Gasteiger partial charge in [0.05, 0.1) is 5.52 Å². The Hall–Kier alpha value is -2.48. The maximum absolute atomic E-state index is 12.7. The predicted octanol–water partition coefficient (Wildman–Crippen LogP) is 3.83. The normalized spacial score (nSPS) is 14.3. The molecule has 1 aliphatic carbocycles. The summed E-state index contributed by atoms with van der Waals surface area (Å²) in [5.74, 6) is 0.273. The smallest absolute Gasteiger partial charge is 0.168 e. The number of Topliss-reactive ketones (excluding diaryl/α,β-unsaturated/α-hetero) is 1. The zero-order chi connectivity index (χ0) is 14.2. The fourth-order valence-corrected chi connectivity index (χ4v) is 3.19. The van der Waals surface area contributed by atoms with Crippen LogP contribution in [0.1, 0.15) is 21.5 Å². The molecule has 0 bridgehead atoms. The van der Waals surface area contributed by atoms with Crippen molar-refractivity contribution < 1.29 is 4.79 Å². The molecule has 0 aliphatic heterocycles. The summed E-state index contributed by atoms with van der Waals surface area (Å²) in [6.07, 6.45) is 3.41. The van der Waals surface area contributed by atoms with Crippen LogP contribution in [-0.2, 0) is 12.8 Å². The highest BCUT2D eigenvalue weighted by Crippen LogP contribution is 2.29. The Bertz CT molecular complexity index is 813. The van der Waals surface area contributed by atoms with Gasteiger partial charge in [0.2, 0.25) is 0 Å². The summed E-state index contributed by atoms with van der Waals surface area (Å²) in [4.78, 5) is 17.1. The first-order valence-corrected chi connectivity index (χ1v) is 7.27. The number of ketones is 1. The van der Waals surface area contributed by atoms with Gasteiger partial charge >= 0.3 is 0 Å². The summed E-state index contributed by atoms with van der Waals surface area (Å²) < 4.78 is 0. The van der Waals surface area contributed by atoms with E-state index in [2.05, 4.69) is 17.1 Å². The SMILES string of the molecule is O=C(c1cnc2ccccc2c1)C1Cc2ccccc2C1. The van der Waals surface area contributed by atoms with Crippen LogP contribution in [0, 0.1) is 5.92 Å². The molecule has 2 nitrogen and oxygen atoms in total. The number of aromatic nitrogens is 1. The van der Waals surface area contributed by atoms with Crippen molar-refractivity contribution in [3.63, 3.8) is 0 Å². The lowest BCUT2D eigenvalue weighted by molar-refractivity contribution is 0.0924. The molecule has 3 aromatic rings. The van der Waals surface area contributed by atoms with Crippen LogP contribution in [-0.4, -0.2) is 10.8 Å². The fourth-order valence-electron chi connectivity index (χ4n) is 3.19. The fraction of sp³-hybridized carbons (Fsp3) is 0.158. The van der Waals surface area contributed by atoms with Gasteiger partial charge in [-0.3, -0.25) is 9.78 Å². The van der Waals surface area contributed by atoms with Crippen molar-refractivity contribution in [2.24, 2.45) is 5.92 Å². The summed E-state index contributed by atoms with van der Waals surface area (Å²) in [6.45, 7) is 0. The summed E-state index contributed by atoms with van der Waals surface area (Å²) in [7, 11) is 0. The van der Waals surface area contributed by atoms with Crippen molar-refractivity contribution in [1.82, 2.24) is 4.98 Å². The van der Waals surface area contributed by atoms with E-state index in [-0.39, 0.29) is 11.7 Å². The zero-order valence-corrected chi connectivity index (χ0v) is 11.6. The minimum Gasteiger partial charge on any atom is -0.294 e. The zero-order valence-electron chi connectivity index (χ0n) is 11.6. The monoisotopic (exact) mass is 273 g/mol. The second kappa shape index (κ2) is 4.81. The van der Waals surface area contributed by atoms with Crippen LogP contribution < -0.4 is 0 Å². The van der Waals surface area contributed by atoms with E-state index in [9.17, 15) is 4.79 Å². The summed E-state index contributed by atoms with van der Waals surface area (Å²) in [5.41, 5.74) is 4.28. The Morgan fingerprint density at radius 2 is 1.62 bits per heavy atom. The average Bonchev–Trinajstić information content (AvgIpc) is 2.97. The number of pyridine rings is 1. The molecule has 1 heterocycles. The number of hydrogen-bond donors (Lipinski definition) is 0. The van der Waals surface area contributed by atoms with Crippen LogP contribution in [0.2, 0.25) is 0 Å². The molecule has 0 N–H and O–H groups in total. The summed E-state index contributed by atoms with van der Waals surface area (Å²) in [5, 5.41) is 1.03. The second-order valence-electron chi connectivity index (χ2n) is 5.65. The van der Waals surface area contributed by atoms with Gasteiger partial charge in [-0.2, -0.15) is 0 Å². The van der Waals surface area contributed by atoms with Gasteiger partial charge in [-0.25, -0.2) is 0 Å². The molecule has 1 aromatic heterocycles. The number of para-hydroxylation sites is 1. The van der Waals surface area contributed by atoms with Gasteiger partial charge in [0.15, 0.2) is 5.78 Å². The van der Waals surface area contributed by atoms with E-state index in [1.807, 2.05) is 42.5 Å². The minimum atomic E-state index is 0.0605. The number of benzene rings is 2. The van der Waals surface area contributed by atoms with Gasteiger partial charge in [0, 0.05) is 23.1 Å². The lowest BCUT2D eigenvalue weighted by Crippen LogP contribution is -2.15. The molecule has 2 aromatic carbocycles. The first-order chi connectivity index (χ1) is 10.3. The highest BCUT2D eigenvalue weighted by Gasteiger charge is 2.27. The molecule has 1 aliphatic rings. The Labute approximate surface area is 123 Å². The highest BCUT2D eigenvalue weighted by molar-refractivity contribution is 6.00. The van der Waals surface area contributed by atoms with E-state index in [1.54, 1.807) is 6.20 Å². The van der Waals surface area contributed by atoms with E-state index in [1.165, 1.54) is 11.1 Å². The average molecular weight is 273 g/mol. The number of fused-ring (bicyclic) bond motifs is 2. The van der Waals surface area contributed by atoms with Crippen LogP contribution in [0.25, 0.3) is 10.9 Å². The second-order valence-corrected chi connectivity index (χ2v) is 5.65. The molecule has 0 atom stereocenters. The van der Waals surface area contributed by atoms with Gasteiger partial charge in [-0.1, -0.05) is 42.5 Å². The number of carbonyl (C=O) groups is 1. The molecular formula is C19H15NO. The Kier molecular flexibility index (Phi) is 2.81. The van der Waals surface area contributed by atoms with Gasteiger partial charge in [-0.05, 0) is 36.1 Å². The molecule has 102 valence electrons. The lowest BCUT2D eigenvalue weighted by Gasteiger charge is -2.08. The molecular weight excluding hydrogens is 258 g/mol. The maximum Gasteiger partial charge on any atom is 0.168 e. The first-order valence-electron chi connectivity index (χ1n) is 7.27. The third-order valence-corrected chi connectivity index (χ3v) is 4.30. The van der Waals surface area contributed by atoms with Crippen LogP contribution in [0.15, 0.2) is 60.8 Å². The van der Waals surface area contributed by atoms with E-state index in [4.69, 9.17) is 0 Å². The van der Waals surface area contributed by atoms with Crippen molar-refractivity contribution in [1.29, 1.82) is 0 Å². The third kappa shape index (κ3) is 2.13. The van der Waals surface area contributed by atoms with E-state index in [0.717, 1.165) is 29.3 Å². The molecule has 21 heavy (non-hydrogen) atoms. The molecule has 0 saturated carbocycles. The molecule has 4 rings (SSSR count). The third-order valence-electron chi connectivity index (χ3n) is 4.30. The van der Waals surface area contributed by atoms with Crippen molar-refractivity contribution in [3.8, 4) is 0 Å². The van der Waals surface area contributed by atoms with E-state index >= 15 is 0 Å². The molecule has 0 radical (unpaired) electrons. The lowest BCUT2D eigenvalue weighted by atomic mass is 9.95. The van der Waals surface area contributed by atoms with Crippen molar-refractivity contribution in [2.45, 2.75) is 12.8 Å². The van der Waals surface area contributed by atoms with Crippen LogP contribution in [0.4, 0.5) is 0 Å². The molecule has 0 saturated heterocycles. The van der Waals surface area contributed by atoms with Crippen molar-refractivity contribution >= 4 is 16.7 Å².